The summed E-state index contributed by atoms with van der Waals surface area (Å²) in [4.78, 5) is 4.73. The molecule has 0 spiro atoms. The molecule has 0 aliphatic heterocycles. The van der Waals surface area contributed by atoms with Crippen LogP contribution in [0.15, 0.2) is 211 Å². The molecule has 0 saturated carbocycles. The summed E-state index contributed by atoms with van der Waals surface area (Å²) in [5.74, 6) is 0. The van der Waals surface area contributed by atoms with E-state index in [-0.39, 0.29) is 0 Å². The lowest BCUT2D eigenvalue weighted by Crippen LogP contribution is -2.14. The molecule has 3 heteroatoms. The van der Waals surface area contributed by atoms with Gasteiger partial charge in [-0.25, -0.2) is 0 Å². The van der Waals surface area contributed by atoms with Crippen LogP contribution in [0.3, 0.4) is 0 Å². The molecule has 0 atom stereocenters. The van der Waals surface area contributed by atoms with Gasteiger partial charge in [-0.2, -0.15) is 0 Å². The Hall–Kier alpha value is -7.10. The van der Waals surface area contributed by atoms with E-state index in [0.29, 0.717) is 0 Å². The second kappa shape index (κ2) is 12.9. The lowest BCUT2D eigenvalue weighted by atomic mass is 10.00. The molecule has 0 saturated heterocycles. The van der Waals surface area contributed by atoms with Crippen molar-refractivity contribution >= 4 is 77.6 Å². The topological polar surface area (TPSA) is 19.6 Å². The molecule has 0 amide bonds. The first-order valence-corrected chi connectivity index (χ1v) is 18.0. The van der Waals surface area contributed by atoms with Gasteiger partial charge in [0.15, 0.2) is 5.58 Å². The standard InChI is InChI=1S/C50H34N2O/c1-4-17-36(18-5-1)43-25-14-15-27-46(43)52(40-23-8-3-9-24-40)47-34-42(33-45-49-44-26-13-12-19-37(44)29-31-48(49)53-50(45)47)51(39-21-6-2-7-22-39)41-30-28-35-16-10-11-20-38(35)32-41/h1-34H. The molecule has 1 heterocycles. The van der Waals surface area contributed by atoms with E-state index in [0.717, 1.165) is 67.2 Å². The number of nitrogens with zero attached hydrogens (tertiary/aromatic N) is 2. The van der Waals surface area contributed by atoms with E-state index in [2.05, 4.69) is 216 Å². The van der Waals surface area contributed by atoms with E-state index in [1.807, 2.05) is 0 Å². The van der Waals surface area contributed by atoms with E-state index >= 15 is 0 Å². The number of anilines is 6. The fourth-order valence-electron chi connectivity index (χ4n) is 7.77. The van der Waals surface area contributed by atoms with Gasteiger partial charge in [-0.15, -0.1) is 0 Å². The molecule has 0 bridgehead atoms. The first-order valence-electron chi connectivity index (χ1n) is 18.0. The highest BCUT2D eigenvalue weighted by molar-refractivity contribution is 6.22. The summed E-state index contributed by atoms with van der Waals surface area (Å²) < 4.78 is 7.00. The molecule has 250 valence electrons. The average Bonchev–Trinajstić information content (AvgIpc) is 3.62. The molecule has 0 fully saturated rings. The predicted octanol–water partition coefficient (Wildman–Crippen LogP) is 14.5. The second-order valence-electron chi connectivity index (χ2n) is 13.4. The largest absolute Gasteiger partial charge is 0.454 e. The summed E-state index contributed by atoms with van der Waals surface area (Å²) in [5, 5.41) is 6.91. The maximum Gasteiger partial charge on any atom is 0.159 e. The predicted molar refractivity (Wildman–Crippen MR) is 224 cm³/mol. The average molecular weight is 679 g/mol. The number of furan rings is 1. The van der Waals surface area contributed by atoms with E-state index in [1.54, 1.807) is 0 Å². The van der Waals surface area contributed by atoms with Gasteiger partial charge in [0.1, 0.15) is 5.58 Å². The highest BCUT2D eigenvalue weighted by atomic mass is 16.3. The minimum absolute atomic E-state index is 0.832. The third-order valence-corrected chi connectivity index (χ3v) is 10.2. The van der Waals surface area contributed by atoms with Crippen LogP contribution in [0.25, 0.3) is 54.6 Å². The zero-order valence-corrected chi connectivity index (χ0v) is 28.9. The van der Waals surface area contributed by atoms with Gasteiger partial charge in [-0.3, -0.25) is 0 Å². The lowest BCUT2D eigenvalue weighted by molar-refractivity contribution is 0.669. The number of para-hydroxylation sites is 3. The SMILES string of the molecule is c1ccc(-c2ccccc2N(c2ccccc2)c2cc(N(c3ccccc3)c3ccc4ccccc4c3)cc3c2oc2ccc4ccccc4c23)cc1. The smallest absolute Gasteiger partial charge is 0.159 e. The van der Waals surface area contributed by atoms with Crippen LogP contribution in [0, 0.1) is 0 Å². The monoisotopic (exact) mass is 678 g/mol. The maximum atomic E-state index is 7.00. The highest BCUT2D eigenvalue weighted by Crippen LogP contribution is 2.49. The quantitative estimate of drug-likeness (QED) is 0.167. The third kappa shape index (κ3) is 5.38. The second-order valence-corrected chi connectivity index (χ2v) is 13.4. The number of fused-ring (bicyclic) bond motifs is 6. The summed E-state index contributed by atoms with van der Waals surface area (Å²) in [6.45, 7) is 0. The van der Waals surface area contributed by atoms with Crippen molar-refractivity contribution < 1.29 is 4.42 Å². The first kappa shape index (κ1) is 30.7. The van der Waals surface area contributed by atoms with Gasteiger partial charge in [0.05, 0.1) is 11.4 Å². The first-order chi connectivity index (χ1) is 26.3. The Morgan fingerprint density at radius 1 is 0.340 bits per heavy atom. The minimum Gasteiger partial charge on any atom is -0.454 e. The summed E-state index contributed by atoms with van der Waals surface area (Å²) in [6.07, 6.45) is 0. The molecule has 9 aromatic carbocycles. The van der Waals surface area contributed by atoms with Crippen molar-refractivity contribution in [2.24, 2.45) is 0 Å². The number of hydrogen-bond acceptors (Lipinski definition) is 3. The molecule has 0 aliphatic carbocycles. The van der Waals surface area contributed by atoms with E-state index in [1.165, 1.54) is 21.5 Å². The zero-order chi connectivity index (χ0) is 35.1. The fourth-order valence-corrected chi connectivity index (χ4v) is 7.77. The molecule has 10 aromatic rings. The van der Waals surface area contributed by atoms with Crippen LogP contribution in [0.2, 0.25) is 0 Å². The fraction of sp³-hybridized carbons (Fsp3) is 0. The van der Waals surface area contributed by atoms with Crippen LogP contribution >= 0.6 is 0 Å². The molecule has 1 aromatic heterocycles. The van der Waals surface area contributed by atoms with Gasteiger partial charge >= 0.3 is 0 Å². The Morgan fingerprint density at radius 2 is 0.943 bits per heavy atom. The Morgan fingerprint density at radius 3 is 1.72 bits per heavy atom. The van der Waals surface area contributed by atoms with Gasteiger partial charge in [0, 0.05) is 39.1 Å². The van der Waals surface area contributed by atoms with Crippen molar-refractivity contribution in [3.8, 4) is 11.1 Å². The van der Waals surface area contributed by atoms with Crippen molar-refractivity contribution in [2.75, 3.05) is 9.80 Å². The Bertz CT molecular complexity index is 2900. The van der Waals surface area contributed by atoms with Crippen LogP contribution in [0.4, 0.5) is 34.1 Å². The Balaban J connectivity index is 1.33. The normalized spacial score (nSPS) is 11.4. The van der Waals surface area contributed by atoms with Gasteiger partial charge in [-0.1, -0.05) is 146 Å². The van der Waals surface area contributed by atoms with E-state index in [4.69, 9.17) is 4.42 Å². The molecule has 3 nitrogen and oxygen atoms in total. The summed E-state index contributed by atoms with van der Waals surface area (Å²) in [7, 11) is 0. The van der Waals surface area contributed by atoms with E-state index < -0.39 is 0 Å². The summed E-state index contributed by atoms with van der Waals surface area (Å²) in [5.41, 5.74) is 10.2. The number of rotatable bonds is 7. The summed E-state index contributed by atoms with van der Waals surface area (Å²) in [6, 6.07) is 73.3. The van der Waals surface area contributed by atoms with Crippen LogP contribution < -0.4 is 9.80 Å². The minimum atomic E-state index is 0.832. The molecule has 0 N–H and O–H groups in total. The molecule has 0 aliphatic rings. The van der Waals surface area contributed by atoms with Crippen molar-refractivity contribution in [2.45, 2.75) is 0 Å². The molecule has 10 rings (SSSR count). The maximum absolute atomic E-state index is 7.00. The molecule has 0 radical (unpaired) electrons. The number of hydrogen-bond donors (Lipinski definition) is 0. The van der Waals surface area contributed by atoms with Gasteiger partial charge < -0.3 is 14.2 Å². The molecule has 0 unspecified atom stereocenters. The Labute approximate surface area is 308 Å². The van der Waals surface area contributed by atoms with Crippen LogP contribution in [-0.4, -0.2) is 0 Å². The van der Waals surface area contributed by atoms with Crippen LogP contribution in [-0.2, 0) is 0 Å². The van der Waals surface area contributed by atoms with Gasteiger partial charge in [0.25, 0.3) is 0 Å². The van der Waals surface area contributed by atoms with E-state index in [9.17, 15) is 0 Å². The van der Waals surface area contributed by atoms with Crippen molar-refractivity contribution in [1.29, 1.82) is 0 Å². The van der Waals surface area contributed by atoms with Crippen molar-refractivity contribution in [3.63, 3.8) is 0 Å². The zero-order valence-electron chi connectivity index (χ0n) is 28.9. The third-order valence-electron chi connectivity index (χ3n) is 10.2. The lowest BCUT2D eigenvalue weighted by Gasteiger charge is -2.31. The number of benzene rings is 9. The van der Waals surface area contributed by atoms with Crippen molar-refractivity contribution in [3.05, 3.63) is 206 Å². The summed E-state index contributed by atoms with van der Waals surface area (Å²) >= 11 is 0. The Kier molecular flexibility index (Phi) is 7.47. The molecule has 53 heavy (non-hydrogen) atoms. The van der Waals surface area contributed by atoms with Crippen LogP contribution in [0.5, 0.6) is 0 Å². The highest BCUT2D eigenvalue weighted by Gasteiger charge is 2.26. The molecular weight excluding hydrogens is 645 g/mol. The van der Waals surface area contributed by atoms with Crippen LogP contribution in [0.1, 0.15) is 0 Å². The van der Waals surface area contributed by atoms with Crippen molar-refractivity contribution in [1.82, 2.24) is 0 Å². The van der Waals surface area contributed by atoms with Gasteiger partial charge in [-0.05, 0) is 87.8 Å². The molecular formula is C50H34N2O. The van der Waals surface area contributed by atoms with Gasteiger partial charge in [0.2, 0.25) is 0 Å².